The van der Waals surface area contributed by atoms with Crippen molar-refractivity contribution < 1.29 is 4.74 Å². The van der Waals surface area contributed by atoms with E-state index in [0.29, 0.717) is 11.8 Å². The van der Waals surface area contributed by atoms with Gasteiger partial charge in [0.2, 0.25) is 0 Å². The molecule has 0 bridgehead atoms. The second kappa shape index (κ2) is 8.09. The summed E-state index contributed by atoms with van der Waals surface area (Å²) in [5, 5.41) is 0. The SMILES string of the molecule is C=C(C)/C=C(\C(=C/C)OCC1CN(Sc2ccccc2)C1)C1CC1. The Kier molecular flexibility index (Phi) is 5.85. The standard InChI is InChI=1S/C21H27NOS/c1-4-21(20(12-16(2)3)18-10-11-18)23-15-17-13-22(14-17)24-19-8-6-5-7-9-19/h4-9,12,17-18H,2,10-11,13-15H2,1,3H3/b20-12-,21-4+. The minimum Gasteiger partial charge on any atom is -0.493 e. The van der Waals surface area contributed by atoms with E-state index in [4.69, 9.17) is 4.74 Å². The second-order valence-electron chi connectivity index (χ2n) is 6.80. The average Bonchev–Trinajstić information content (AvgIpc) is 3.36. The molecule has 1 aliphatic heterocycles. The molecular formula is C21H27NOS. The van der Waals surface area contributed by atoms with Crippen LogP contribution in [-0.4, -0.2) is 24.0 Å². The fourth-order valence-electron chi connectivity index (χ4n) is 2.92. The summed E-state index contributed by atoms with van der Waals surface area (Å²) in [6, 6.07) is 10.6. The first-order valence-corrected chi connectivity index (χ1v) is 9.57. The highest BCUT2D eigenvalue weighted by Crippen LogP contribution is 2.41. The van der Waals surface area contributed by atoms with Crippen molar-refractivity contribution in [2.75, 3.05) is 19.7 Å². The topological polar surface area (TPSA) is 12.5 Å². The van der Waals surface area contributed by atoms with E-state index in [2.05, 4.69) is 67.2 Å². The molecule has 24 heavy (non-hydrogen) atoms. The molecule has 2 aliphatic rings. The molecule has 2 fully saturated rings. The van der Waals surface area contributed by atoms with E-state index < -0.39 is 0 Å². The van der Waals surface area contributed by atoms with Crippen LogP contribution in [-0.2, 0) is 4.74 Å². The Bertz CT molecular complexity index is 624. The van der Waals surface area contributed by atoms with Gasteiger partial charge in [0, 0.05) is 23.9 Å². The van der Waals surface area contributed by atoms with Gasteiger partial charge >= 0.3 is 0 Å². The zero-order chi connectivity index (χ0) is 16.9. The molecule has 0 atom stereocenters. The molecule has 0 amide bonds. The third-order valence-electron chi connectivity index (χ3n) is 4.34. The van der Waals surface area contributed by atoms with Gasteiger partial charge in [-0.25, -0.2) is 4.31 Å². The van der Waals surface area contributed by atoms with E-state index in [1.807, 2.05) is 11.9 Å². The van der Waals surface area contributed by atoms with Gasteiger partial charge in [0.25, 0.3) is 0 Å². The summed E-state index contributed by atoms with van der Waals surface area (Å²) in [6.45, 7) is 11.2. The first-order valence-electron chi connectivity index (χ1n) is 8.80. The van der Waals surface area contributed by atoms with Gasteiger partial charge in [-0.05, 0) is 68.3 Å². The molecule has 2 nitrogen and oxygen atoms in total. The lowest BCUT2D eigenvalue weighted by atomic mass is 10.0. The van der Waals surface area contributed by atoms with Crippen molar-refractivity contribution in [1.82, 2.24) is 4.31 Å². The Morgan fingerprint density at radius 1 is 1.29 bits per heavy atom. The second-order valence-corrected chi connectivity index (χ2v) is 7.97. The number of allylic oxidation sites excluding steroid dienone is 4. The average molecular weight is 342 g/mol. The van der Waals surface area contributed by atoms with Crippen LogP contribution >= 0.6 is 11.9 Å². The van der Waals surface area contributed by atoms with Crippen molar-refractivity contribution in [3.63, 3.8) is 0 Å². The van der Waals surface area contributed by atoms with Gasteiger partial charge in [-0.15, -0.1) is 0 Å². The number of ether oxygens (including phenoxy) is 1. The monoisotopic (exact) mass is 341 g/mol. The zero-order valence-electron chi connectivity index (χ0n) is 14.7. The Labute approximate surface area is 150 Å². The Morgan fingerprint density at radius 3 is 2.58 bits per heavy atom. The summed E-state index contributed by atoms with van der Waals surface area (Å²) in [4.78, 5) is 1.31. The summed E-state index contributed by atoms with van der Waals surface area (Å²) in [5.41, 5.74) is 2.45. The summed E-state index contributed by atoms with van der Waals surface area (Å²) in [7, 11) is 0. The van der Waals surface area contributed by atoms with Crippen molar-refractivity contribution in [2.45, 2.75) is 31.6 Å². The third-order valence-corrected chi connectivity index (χ3v) is 5.38. The highest BCUT2D eigenvalue weighted by Gasteiger charge is 2.31. The number of nitrogens with zero attached hydrogens (tertiary/aromatic N) is 1. The van der Waals surface area contributed by atoms with Crippen LogP contribution in [0.4, 0.5) is 0 Å². The van der Waals surface area contributed by atoms with E-state index in [1.165, 1.54) is 23.3 Å². The first kappa shape index (κ1) is 17.4. The molecule has 128 valence electrons. The van der Waals surface area contributed by atoms with Crippen LogP contribution in [0.15, 0.2) is 70.9 Å². The van der Waals surface area contributed by atoms with Gasteiger partial charge in [-0.3, -0.25) is 0 Å². The van der Waals surface area contributed by atoms with E-state index in [1.54, 1.807) is 0 Å². The molecule has 1 aliphatic carbocycles. The van der Waals surface area contributed by atoms with Gasteiger partial charge in [0.15, 0.2) is 0 Å². The van der Waals surface area contributed by atoms with Crippen molar-refractivity contribution in [3.8, 4) is 0 Å². The molecule has 1 saturated carbocycles. The fourth-order valence-corrected chi connectivity index (χ4v) is 4.07. The quantitative estimate of drug-likeness (QED) is 0.354. The molecule has 1 heterocycles. The van der Waals surface area contributed by atoms with Crippen LogP contribution in [0.25, 0.3) is 0 Å². The fraction of sp³-hybridized carbons (Fsp3) is 0.429. The van der Waals surface area contributed by atoms with Gasteiger partial charge in [0.1, 0.15) is 5.76 Å². The molecular weight excluding hydrogens is 314 g/mol. The normalized spacial score (nSPS) is 19.9. The minimum atomic E-state index is 0.626. The Balaban J connectivity index is 1.45. The van der Waals surface area contributed by atoms with Crippen LogP contribution in [0.5, 0.6) is 0 Å². The number of rotatable bonds is 8. The highest BCUT2D eigenvalue weighted by atomic mass is 32.2. The van der Waals surface area contributed by atoms with Crippen LogP contribution in [0, 0.1) is 11.8 Å². The van der Waals surface area contributed by atoms with Gasteiger partial charge < -0.3 is 4.74 Å². The van der Waals surface area contributed by atoms with Gasteiger partial charge in [0.05, 0.1) is 6.61 Å². The minimum absolute atomic E-state index is 0.626. The molecule has 3 rings (SSSR count). The molecule has 0 radical (unpaired) electrons. The molecule has 0 N–H and O–H groups in total. The first-order chi connectivity index (χ1) is 11.7. The lowest BCUT2D eigenvalue weighted by Crippen LogP contribution is -2.44. The maximum absolute atomic E-state index is 6.17. The lowest BCUT2D eigenvalue weighted by molar-refractivity contribution is 0.0979. The van der Waals surface area contributed by atoms with Crippen LogP contribution in [0.2, 0.25) is 0 Å². The van der Waals surface area contributed by atoms with Gasteiger partial charge in [-0.1, -0.05) is 36.4 Å². The molecule has 1 saturated heterocycles. The Morgan fingerprint density at radius 2 is 2.00 bits per heavy atom. The zero-order valence-corrected chi connectivity index (χ0v) is 15.5. The largest absolute Gasteiger partial charge is 0.493 e. The lowest BCUT2D eigenvalue weighted by Gasteiger charge is -2.38. The smallest absolute Gasteiger partial charge is 0.118 e. The maximum Gasteiger partial charge on any atom is 0.118 e. The third kappa shape index (κ3) is 4.78. The van der Waals surface area contributed by atoms with E-state index >= 15 is 0 Å². The number of benzene rings is 1. The van der Waals surface area contributed by atoms with Gasteiger partial charge in [-0.2, -0.15) is 0 Å². The van der Waals surface area contributed by atoms with Crippen LogP contribution in [0.1, 0.15) is 26.7 Å². The van der Waals surface area contributed by atoms with E-state index in [0.717, 1.165) is 31.0 Å². The van der Waals surface area contributed by atoms with Crippen LogP contribution < -0.4 is 0 Å². The molecule has 0 spiro atoms. The van der Waals surface area contributed by atoms with Crippen molar-refractivity contribution in [2.24, 2.45) is 11.8 Å². The highest BCUT2D eigenvalue weighted by molar-refractivity contribution is 7.97. The van der Waals surface area contributed by atoms with E-state index in [-0.39, 0.29) is 0 Å². The molecule has 1 aromatic carbocycles. The summed E-state index contributed by atoms with van der Waals surface area (Å²) in [5.74, 6) is 2.37. The summed E-state index contributed by atoms with van der Waals surface area (Å²) < 4.78 is 8.58. The van der Waals surface area contributed by atoms with Crippen molar-refractivity contribution in [1.29, 1.82) is 0 Å². The molecule has 0 aromatic heterocycles. The molecule has 0 unspecified atom stereocenters. The molecule has 3 heteroatoms. The number of hydrogen-bond acceptors (Lipinski definition) is 3. The summed E-state index contributed by atoms with van der Waals surface area (Å²) >= 11 is 1.84. The maximum atomic E-state index is 6.17. The predicted octanol–water partition coefficient (Wildman–Crippen LogP) is 5.46. The predicted molar refractivity (Wildman–Crippen MR) is 103 cm³/mol. The Hall–Kier alpha value is -1.45. The summed E-state index contributed by atoms with van der Waals surface area (Å²) in [6.07, 6.45) is 6.88. The van der Waals surface area contributed by atoms with E-state index in [9.17, 15) is 0 Å². The number of hydrogen-bond donors (Lipinski definition) is 0. The van der Waals surface area contributed by atoms with Crippen molar-refractivity contribution >= 4 is 11.9 Å². The van der Waals surface area contributed by atoms with Crippen molar-refractivity contribution in [3.05, 3.63) is 66.0 Å². The van der Waals surface area contributed by atoms with Crippen LogP contribution in [0.3, 0.4) is 0 Å². The molecule has 1 aromatic rings.